The first kappa shape index (κ1) is 18.2. The molecule has 130 valence electrons. The van der Waals surface area contributed by atoms with Crippen LogP contribution in [-0.4, -0.2) is 39.4 Å². The summed E-state index contributed by atoms with van der Waals surface area (Å²) in [5.41, 5.74) is 5.60. The number of ether oxygens (including phenoxy) is 1. The van der Waals surface area contributed by atoms with Crippen LogP contribution in [0.15, 0.2) is 0 Å². The van der Waals surface area contributed by atoms with Crippen molar-refractivity contribution in [2.75, 3.05) is 6.54 Å². The molecule has 1 saturated heterocycles. The Morgan fingerprint density at radius 3 is 2.87 bits per heavy atom. The van der Waals surface area contributed by atoms with Crippen molar-refractivity contribution in [1.82, 2.24) is 20.1 Å². The number of hydrogen-bond acceptors (Lipinski definition) is 5. The summed E-state index contributed by atoms with van der Waals surface area (Å²) in [6, 6.07) is -0.0678. The molecule has 2 aliphatic heterocycles. The molecule has 1 amide bonds. The van der Waals surface area contributed by atoms with Crippen molar-refractivity contribution in [3.63, 3.8) is 0 Å². The van der Waals surface area contributed by atoms with Gasteiger partial charge >= 0.3 is 0 Å². The summed E-state index contributed by atoms with van der Waals surface area (Å²) in [4.78, 5) is 17.0. The van der Waals surface area contributed by atoms with E-state index >= 15 is 0 Å². The van der Waals surface area contributed by atoms with E-state index in [9.17, 15) is 4.79 Å². The lowest BCUT2D eigenvalue weighted by atomic mass is 10.1. The van der Waals surface area contributed by atoms with Gasteiger partial charge < -0.3 is 15.8 Å². The molecule has 3 N–H and O–H groups in total. The topological polar surface area (TPSA) is 95.1 Å². The number of carbonyl (C=O) groups excluding carboxylic acids is 1. The summed E-state index contributed by atoms with van der Waals surface area (Å²) in [6.07, 6.45) is 3.12. The van der Waals surface area contributed by atoms with Gasteiger partial charge in [0.05, 0.1) is 12.1 Å². The monoisotopic (exact) mass is 343 g/mol. The summed E-state index contributed by atoms with van der Waals surface area (Å²) in [5, 5.41) is 7.62. The molecule has 0 radical (unpaired) electrons. The number of halogens is 1. The van der Waals surface area contributed by atoms with Crippen molar-refractivity contribution in [3.05, 3.63) is 11.6 Å². The number of fused-ring (bicyclic) bond motifs is 1. The molecule has 8 heteroatoms. The highest BCUT2D eigenvalue weighted by Gasteiger charge is 2.33. The molecule has 23 heavy (non-hydrogen) atoms. The lowest BCUT2D eigenvalue weighted by molar-refractivity contribution is -0.132. The van der Waals surface area contributed by atoms with Crippen LogP contribution >= 0.6 is 12.4 Å². The molecule has 7 nitrogen and oxygen atoms in total. The number of amides is 1. The number of rotatable bonds is 4. The molecule has 1 fully saturated rings. The van der Waals surface area contributed by atoms with E-state index in [2.05, 4.69) is 29.2 Å². The van der Waals surface area contributed by atoms with Gasteiger partial charge in [0.1, 0.15) is 11.9 Å². The largest absolute Gasteiger partial charge is 0.364 e. The molecule has 0 aliphatic carbocycles. The summed E-state index contributed by atoms with van der Waals surface area (Å²) in [5.74, 6) is 1.95. The number of nitrogens with two attached hydrogens (primary N) is 1. The predicted molar refractivity (Wildman–Crippen MR) is 88.4 cm³/mol. The first-order valence-electron chi connectivity index (χ1n) is 8.19. The van der Waals surface area contributed by atoms with E-state index in [1.807, 2.05) is 4.68 Å². The van der Waals surface area contributed by atoms with E-state index in [4.69, 9.17) is 10.5 Å². The van der Waals surface area contributed by atoms with E-state index < -0.39 is 0 Å². The molecular formula is C15H26ClN5O2. The van der Waals surface area contributed by atoms with Gasteiger partial charge in [-0.05, 0) is 25.7 Å². The zero-order valence-electron chi connectivity index (χ0n) is 13.7. The minimum atomic E-state index is -0.378. The SMILES string of the molecule is CC(C)c1nc2n(n1)CCCC2NC(=O)[C@@H]1CC[C@H](CN)O1.Cl. The van der Waals surface area contributed by atoms with E-state index in [1.54, 1.807) is 0 Å². The van der Waals surface area contributed by atoms with Crippen molar-refractivity contribution < 1.29 is 9.53 Å². The van der Waals surface area contributed by atoms with Crippen LogP contribution in [0.5, 0.6) is 0 Å². The molecule has 3 heterocycles. The minimum Gasteiger partial charge on any atom is -0.364 e. The second-order valence-corrected chi connectivity index (χ2v) is 6.47. The zero-order chi connectivity index (χ0) is 15.7. The number of carbonyl (C=O) groups is 1. The highest BCUT2D eigenvalue weighted by atomic mass is 35.5. The average Bonchev–Trinajstić information content (AvgIpc) is 3.14. The first-order valence-corrected chi connectivity index (χ1v) is 8.19. The number of nitrogens with zero attached hydrogens (tertiary/aromatic N) is 3. The second-order valence-electron chi connectivity index (χ2n) is 6.47. The Bertz CT molecular complexity index is 548. The van der Waals surface area contributed by atoms with Gasteiger partial charge in [0.15, 0.2) is 5.82 Å². The van der Waals surface area contributed by atoms with Gasteiger partial charge in [-0.3, -0.25) is 4.79 Å². The van der Waals surface area contributed by atoms with Crippen LogP contribution in [0.1, 0.15) is 63.1 Å². The van der Waals surface area contributed by atoms with Crippen LogP contribution in [0.3, 0.4) is 0 Å². The standard InChI is InChI=1S/C15H25N5O2.ClH/c1-9(2)13-18-14-11(4-3-7-20(14)19-13)17-15(21)12-6-5-10(8-16)22-12;/h9-12H,3-8,16H2,1-2H3,(H,17,21);1H/t10-,11?,12+;/m1./s1. The van der Waals surface area contributed by atoms with Gasteiger partial charge in [0.25, 0.3) is 0 Å². The number of hydrogen-bond donors (Lipinski definition) is 2. The first-order chi connectivity index (χ1) is 10.6. The fourth-order valence-corrected chi connectivity index (χ4v) is 3.09. The molecular weight excluding hydrogens is 318 g/mol. The highest BCUT2D eigenvalue weighted by Crippen LogP contribution is 2.26. The van der Waals surface area contributed by atoms with Crippen molar-refractivity contribution in [2.24, 2.45) is 5.73 Å². The average molecular weight is 344 g/mol. The van der Waals surface area contributed by atoms with Crippen molar-refractivity contribution >= 4 is 18.3 Å². The van der Waals surface area contributed by atoms with E-state index in [0.29, 0.717) is 6.54 Å². The number of aryl methyl sites for hydroxylation is 1. The van der Waals surface area contributed by atoms with E-state index in [-0.39, 0.29) is 42.5 Å². The summed E-state index contributed by atoms with van der Waals surface area (Å²) >= 11 is 0. The Hall–Kier alpha value is -1.18. The lowest BCUT2D eigenvalue weighted by Crippen LogP contribution is -2.40. The molecule has 2 aliphatic rings. The molecule has 0 saturated carbocycles. The van der Waals surface area contributed by atoms with Crippen LogP contribution in [0.25, 0.3) is 0 Å². The third-order valence-corrected chi connectivity index (χ3v) is 4.39. The predicted octanol–water partition coefficient (Wildman–Crippen LogP) is 1.28. The van der Waals surface area contributed by atoms with Gasteiger partial charge in [0, 0.05) is 19.0 Å². The quantitative estimate of drug-likeness (QED) is 0.858. The fraction of sp³-hybridized carbons (Fsp3) is 0.800. The van der Waals surface area contributed by atoms with Crippen molar-refractivity contribution in [1.29, 1.82) is 0 Å². The van der Waals surface area contributed by atoms with Crippen LogP contribution < -0.4 is 11.1 Å². The zero-order valence-corrected chi connectivity index (χ0v) is 14.5. The summed E-state index contributed by atoms with van der Waals surface area (Å²) in [7, 11) is 0. The molecule has 0 spiro atoms. The molecule has 0 aromatic carbocycles. The van der Waals surface area contributed by atoms with Crippen molar-refractivity contribution in [3.8, 4) is 0 Å². The fourth-order valence-electron chi connectivity index (χ4n) is 3.09. The molecule has 3 atom stereocenters. The van der Waals surface area contributed by atoms with Crippen LogP contribution in [0, 0.1) is 0 Å². The second kappa shape index (κ2) is 7.59. The summed E-state index contributed by atoms with van der Waals surface area (Å²) < 4.78 is 7.60. The lowest BCUT2D eigenvalue weighted by Gasteiger charge is -2.24. The van der Waals surface area contributed by atoms with Crippen LogP contribution in [0.4, 0.5) is 0 Å². The minimum absolute atomic E-state index is 0. The normalized spacial score (nSPS) is 26.7. The van der Waals surface area contributed by atoms with Gasteiger partial charge in [-0.1, -0.05) is 13.8 Å². The Kier molecular flexibility index (Phi) is 6.00. The Morgan fingerprint density at radius 2 is 2.22 bits per heavy atom. The maximum Gasteiger partial charge on any atom is 0.249 e. The Labute approximate surface area is 142 Å². The Morgan fingerprint density at radius 1 is 1.43 bits per heavy atom. The third-order valence-electron chi connectivity index (χ3n) is 4.39. The van der Waals surface area contributed by atoms with Crippen LogP contribution in [0.2, 0.25) is 0 Å². The number of aromatic nitrogens is 3. The number of nitrogens with one attached hydrogen (secondary N) is 1. The van der Waals surface area contributed by atoms with Gasteiger partial charge in [-0.25, -0.2) is 9.67 Å². The van der Waals surface area contributed by atoms with Gasteiger partial charge in [0.2, 0.25) is 5.91 Å². The molecule has 1 aromatic heterocycles. The third kappa shape index (κ3) is 3.84. The van der Waals surface area contributed by atoms with Crippen molar-refractivity contribution in [2.45, 2.75) is 70.2 Å². The van der Waals surface area contributed by atoms with Gasteiger partial charge in [-0.15, -0.1) is 12.4 Å². The van der Waals surface area contributed by atoms with E-state index in [0.717, 1.165) is 43.9 Å². The van der Waals surface area contributed by atoms with Gasteiger partial charge in [-0.2, -0.15) is 5.10 Å². The Balaban J connectivity index is 0.00000192. The van der Waals surface area contributed by atoms with Crippen LogP contribution in [-0.2, 0) is 16.1 Å². The van der Waals surface area contributed by atoms with E-state index in [1.165, 1.54) is 0 Å². The molecule has 0 bridgehead atoms. The molecule has 3 rings (SSSR count). The maximum absolute atomic E-state index is 12.4. The maximum atomic E-state index is 12.4. The highest BCUT2D eigenvalue weighted by molar-refractivity contribution is 5.85. The smallest absolute Gasteiger partial charge is 0.249 e. The molecule has 1 unspecified atom stereocenters. The molecule has 1 aromatic rings. The summed E-state index contributed by atoms with van der Waals surface area (Å²) in [6.45, 7) is 5.50.